The predicted molar refractivity (Wildman–Crippen MR) is 89.3 cm³/mol. The number of carboxylic acid groups (broad SMARTS) is 1. The summed E-state index contributed by atoms with van der Waals surface area (Å²) in [5, 5.41) is 8.80. The molecule has 4 nitrogen and oxygen atoms in total. The number of hydrogen-bond acceptors (Lipinski definition) is 3. The summed E-state index contributed by atoms with van der Waals surface area (Å²) in [4.78, 5) is 22.6. The van der Waals surface area contributed by atoms with E-state index in [2.05, 4.69) is 33.9 Å². The average Bonchev–Trinajstić information content (AvgIpc) is 2.36. The van der Waals surface area contributed by atoms with Crippen molar-refractivity contribution in [2.24, 2.45) is 0 Å². The lowest BCUT2D eigenvalue weighted by Gasteiger charge is -2.39. The molecule has 0 spiro atoms. The van der Waals surface area contributed by atoms with Crippen molar-refractivity contribution >= 4 is 20.1 Å². The number of rotatable bonds is 7. The van der Waals surface area contributed by atoms with Crippen LogP contribution in [0.4, 0.5) is 0 Å². The Kier molecular flexibility index (Phi) is 6.08. The molecule has 0 aliphatic heterocycles. The van der Waals surface area contributed by atoms with Gasteiger partial charge in [-0.1, -0.05) is 51.1 Å². The van der Waals surface area contributed by atoms with Crippen LogP contribution in [0.1, 0.15) is 45.3 Å². The number of carbonyl (C=O) groups excluding carboxylic acids is 1. The Morgan fingerprint density at radius 2 is 1.73 bits per heavy atom. The second-order valence-electron chi connectivity index (χ2n) is 7.09. The largest absolute Gasteiger partial charge is 0.481 e. The molecule has 0 saturated carbocycles. The zero-order valence-electron chi connectivity index (χ0n) is 14.1. The van der Waals surface area contributed by atoms with Crippen LogP contribution in [-0.2, 0) is 14.0 Å². The molecular formula is C17H26O4Si. The van der Waals surface area contributed by atoms with Crippen molar-refractivity contribution in [3.63, 3.8) is 0 Å². The van der Waals surface area contributed by atoms with E-state index >= 15 is 0 Å². The van der Waals surface area contributed by atoms with Gasteiger partial charge in [0.1, 0.15) is 12.2 Å². The molecule has 0 fully saturated rings. The zero-order chi connectivity index (χ0) is 17.0. The monoisotopic (exact) mass is 322 g/mol. The molecule has 0 unspecified atom stereocenters. The van der Waals surface area contributed by atoms with E-state index in [4.69, 9.17) is 9.53 Å². The number of Topliss-reactive ketones (excluding diaryl/α,β-unsaturated/α-hetero) is 1. The molecule has 0 aliphatic carbocycles. The fourth-order valence-corrected chi connectivity index (χ4v) is 3.16. The average molecular weight is 322 g/mol. The minimum Gasteiger partial charge on any atom is -0.481 e. The molecule has 5 heteroatoms. The van der Waals surface area contributed by atoms with Crippen molar-refractivity contribution in [1.82, 2.24) is 0 Å². The summed E-state index contributed by atoms with van der Waals surface area (Å²) >= 11 is 0. The molecule has 0 aromatic heterocycles. The molecule has 1 aromatic rings. The van der Waals surface area contributed by atoms with Gasteiger partial charge in [0, 0.05) is 6.42 Å². The maximum absolute atomic E-state index is 11.9. The lowest BCUT2D eigenvalue weighted by molar-refractivity contribution is -0.140. The molecule has 0 bridgehead atoms. The molecule has 0 heterocycles. The minimum atomic E-state index is -2.06. The van der Waals surface area contributed by atoms with Crippen molar-refractivity contribution in [2.75, 3.05) is 0 Å². The van der Waals surface area contributed by atoms with Crippen molar-refractivity contribution in [3.8, 4) is 0 Å². The standard InChI is InChI=1S/C17H26O4Si/c1-17(2,3)22(4,5)21-15(11-14(18)12-16(19)20)13-9-7-6-8-10-13/h6-10,15H,11-12H2,1-5H3,(H,19,20)/t15-/m1/s1. The number of aliphatic carboxylic acids is 1. The summed E-state index contributed by atoms with van der Waals surface area (Å²) < 4.78 is 6.37. The van der Waals surface area contributed by atoms with Crippen molar-refractivity contribution in [1.29, 1.82) is 0 Å². The predicted octanol–water partition coefficient (Wildman–Crippen LogP) is 4.18. The third-order valence-corrected chi connectivity index (χ3v) is 8.66. The number of carbonyl (C=O) groups is 2. The van der Waals surface area contributed by atoms with Crippen LogP contribution >= 0.6 is 0 Å². The highest BCUT2D eigenvalue weighted by atomic mass is 28.4. The van der Waals surface area contributed by atoms with Gasteiger partial charge in [0.05, 0.1) is 6.10 Å². The van der Waals surface area contributed by atoms with E-state index < -0.39 is 20.7 Å². The Labute approximate surface area is 133 Å². The van der Waals surface area contributed by atoms with Gasteiger partial charge in [-0.3, -0.25) is 9.59 Å². The SMILES string of the molecule is CC(C)(C)[Si](C)(C)O[C@H](CC(=O)CC(=O)O)c1ccccc1. The van der Waals surface area contributed by atoms with E-state index in [1.807, 2.05) is 30.3 Å². The quantitative estimate of drug-likeness (QED) is 0.604. The Bertz CT molecular complexity index is 517. The molecule has 22 heavy (non-hydrogen) atoms. The van der Waals surface area contributed by atoms with Gasteiger partial charge in [-0.15, -0.1) is 0 Å². The molecule has 1 N–H and O–H groups in total. The molecule has 0 saturated heterocycles. The van der Waals surface area contributed by atoms with E-state index in [0.29, 0.717) is 0 Å². The van der Waals surface area contributed by atoms with Gasteiger partial charge >= 0.3 is 5.97 Å². The second kappa shape index (κ2) is 7.20. The van der Waals surface area contributed by atoms with Crippen molar-refractivity contribution in [2.45, 2.75) is 57.8 Å². The summed E-state index contributed by atoms with van der Waals surface area (Å²) in [6.07, 6.45) is -0.735. The highest BCUT2D eigenvalue weighted by molar-refractivity contribution is 6.74. The molecule has 0 radical (unpaired) electrons. The van der Waals surface area contributed by atoms with Gasteiger partial charge in [-0.2, -0.15) is 0 Å². The Morgan fingerprint density at radius 3 is 2.18 bits per heavy atom. The van der Waals surface area contributed by atoms with Crippen LogP contribution in [0, 0.1) is 0 Å². The fraction of sp³-hybridized carbons (Fsp3) is 0.529. The van der Waals surface area contributed by atoms with Crippen LogP contribution in [0.3, 0.4) is 0 Å². The topological polar surface area (TPSA) is 63.6 Å². The third kappa shape index (κ3) is 5.39. The van der Waals surface area contributed by atoms with Crippen LogP contribution in [0.5, 0.6) is 0 Å². The first-order valence-corrected chi connectivity index (χ1v) is 10.4. The first-order valence-electron chi connectivity index (χ1n) is 7.49. The van der Waals surface area contributed by atoms with Gasteiger partial charge in [0.15, 0.2) is 8.32 Å². The van der Waals surface area contributed by atoms with Gasteiger partial charge in [-0.25, -0.2) is 0 Å². The minimum absolute atomic E-state index is 0.0237. The molecule has 122 valence electrons. The second-order valence-corrected chi connectivity index (χ2v) is 11.8. The highest BCUT2D eigenvalue weighted by Crippen LogP contribution is 2.40. The molecule has 0 aliphatic rings. The number of hydrogen-bond donors (Lipinski definition) is 1. The first kappa shape index (κ1) is 18.6. The lowest BCUT2D eigenvalue weighted by Crippen LogP contribution is -2.42. The summed E-state index contributed by atoms with van der Waals surface area (Å²) in [5.41, 5.74) is 0.922. The normalized spacial score (nSPS) is 13.7. The van der Waals surface area contributed by atoms with Crippen LogP contribution in [-0.4, -0.2) is 25.2 Å². The lowest BCUT2D eigenvalue weighted by atomic mass is 10.0. The molecule has 0 amide bonds. The number of carboxylic acids is 1. The Morgan fingerprint density at radius 1 is 1.18 bits per heavy atom. The fourth-order valence-electron chi connectivity index (χ4n) is 1.88. The van der Waals surface area contributed by atoms with Crippen LogP contribution in [0.25, 0.3) is 0 Å². The van der Waals surface area contributed by atoms with Crippen molar-refractivity contribution in [3.05, 3.63) is 35.9 Å². The zero-order valence-corrected chi connectivity index (χ0v) is 15.1. The number of ketones is 1. The summed E-state index contributed by atoms with van der Waals surface area (Å²) in [6, 6.07) is 9.56. The van der Waals surface area contributed by atoms with Gasteiger partial charge in [0.2, 0.25) is 0 Å². The van der Waals surface area contributed by atoms with Gasteiger partial charge in [0.25, 0.3) is 0 Å². The maximum atomic E-state index is 11.9. The molecule has 1 aromatic carbocycles. The van der Waals surface area contributed by atoms with Crippen LogP contribution in [0.15, 0.2) is 30.3 Å². The van der Waals surface area contributed by atoms with Crippen LogP contribution in [0.2, 0.25) is 18.1 Å². The van der Waals surface area contributed by atoms with E-state index in [1.165, 1.54) is 0 Å². The van der Waals surface area contributed by atoms with E-state index in [9.17, 15) is 9.59 Å². The number of benzene rings is 1. The molecule has 1 rings (SSSR count). The molecular weight excluding hydrogens is 296 g/mol. The maximum Gasteiger partial charge on any atom is 0.310 e. The molecule has 1 atom stereocenters. The third-order valence-electron chi connectivity index (χ3n) is 4.18. The van der Waals surface area contributed by atoms with E-state index in [0.717, 1.165) is 5.56 Å². The van der Waals surface area contributed by atoms with Crippen LogP contribution < -0.4 is 0 Å². The summed E-state index contributed by atoms with van der Waals surface area (Å²) in [7, 11) is -2.06. The Hall–Kier alpha value is -1.46. The smallest absolute Gasteiger partial charge is 0.310 e. The van der Waals surface area contributed by atoms with Gasteiger partial charge in [-0.05, 0) is 23.7 Å². The van der Waals surface area contributed by atoms with E-state index in [1.54, 1.807) is 0 Å². The Balaban J connectivity index is 2.98. The summed E-state index contributed by atoms with van der Waals surface area (Å²) in [5.74, 6) is -1.40. The van der Waals surface area contributed by atoms with E-state index in [-0.39, 0.29) is 23.3 Å². The van der Waals surface area contributed by atoms with Gasteiger partial charge < -0.3 is 9.53 Å². The summed E-state index contributed by atoms with van der Waals surface area (Å²) in [6.45, 7) is 10.7. The highest BCUT2D eigenvalue weighted by Gasteiger charge is 2.39. The first-order chi connectivity index (χ1) is 10.0. The van der Waals surface area contributed by atoms with Crippen molar-refractivity contribution < 1.29 is 19.1 Å².